The van der Waals surface area contributed by atoms with E-state index >= 15 is 0 Å². The van der Waals surface area contributed by atoms with Gasteiger partial charge in [-0.3, -0.25) is 14.6 Å². The Balaban J connectivity index is 1.51. The monoisotopic (exact) mass is 438 g/mol. The summed E-state index contributed by atoms with van der Waals surface area (Å²) < 4.78 is 6.53. The Hall–Kier alpha value is -3.47. The van der Waals surface area contributed by atoms with E-state index in [0.29, 0.717) is 18.4 Å². The molecular formula is C28H26N2O3. The van der Waals surface area contributed by atoms with Crippen molar-refractivity contribution in [3.63, 3.8) is 0 Å². The van der Waals surface area contributed by atoms with Crippen molar-refractivity contribution in [1.29, 1.82) is 0 Å². The van der Waals surface area contributed by atoms with Gasteiger partial charge in [0.2, 0.25) is 0 Å². The lowest BCUT2D eigenvalue weighted by atomic mass is 9.69. The molecule has 1 aromatic heterocycles. The number of anilines is 1. The highest BCUT2D eigenvalue weighted by Gasteiger charge is 2.47. The topological polar surface area (TPSA) is 59.5 Å². The number of aromatic nitrogens is 1. The Labute approximate surface area is 193 Å². The molecule has 33 heavy (non-hydrogen) atoms. The summed E-state index contributed by atoms with van der Waals surface area (Å²) in [4.78, 5) is 33.3. The van der Waals surface area contributed by atoms with E-state index in [2.05, 4.69) is 35.9 Å². The van der Waals surface area contributed by atoms with Gasteiger partial charge < -0.3 is 9.64 Å². The van der Waals surface area contributed by atoms with Crippen LogP contribution in [0, 0.1) is 5.41 Å². The first-order chi connectivity index (χ1) is 15.9. The van der Waals surface area contributed by atoms with Gasteiger partial charge in [-0.05, 0) is 17.0 Å². The van der Waals surface area contributed by atoms with Gasteiger partial charge >= 0.3 is 0 Å². The summed E-state index contributed by atoms with van der Waals surface area (Å²) in [6.07, 6.45) is 3.42. The lowest BCUT2D eigenvalue weighted by Crippen LogP contribution is -2.49. The van der Waals surface area contributed by atoms with Gasteiger partial charge in [-0.2, -0.15) is 0 Å². The quantitative estimate of drug-likeness (QED) is 0.512. The average molecular weight is 439 g/mol. The van der Waals surface area contributed by atoms with Crippen LogP contribution in [0.3, 0.4) is 0 Å². The highest BCUT2D eigenvalue weighted by Crippen LogP contribution is 2.53. The van der Waals surface area contributed by atoms with E-state index in [0.717, 1.165) is 39.9 Å². The van der Waals surface area contributed by atoms with E-state index in [4.69, 9.17) is 4.74 Å². The van der Waals surface area contributed by atoms with Crippen molar-refractivity contribution in [2.45, 2.75) is 45.3 Å². The van der Waals surface area contributed by atoms with Crippen molar-refractivity contribution in [2.24, 2.45) is 5.41 Å². The van der Waals surface area contributed by atoms with Crippen molar-refractivity contribution in [3.8, 4) is 0 Å². The van der Waals surface area contributed by atoms with Crippen LogP contribution < -0.4 is 4.90 Å². The number of ketones is 2. The van der Waals surface area contributed by atoms with E-state index in [1.807, 2.05) is 42.5 Å². The molecule has 3 aliphatic rings. The van der Waals surface area contributed by atoms with Gasteiger partial charge in [-0.15, -0.1) is 0 Å². The van der Waals surface area contributed by atoms with Gasteiger partial charge in [0, 0.05) is 47.9 Å². The lowest BCUT2D eigenvalue weighted by molar-refractivity contribution is -0.120. The van der Waals surface area contributed by atoms with Crippen LogP contribution in [0.2, 0.25) is 0 Å². The second kappa shape index (κ2) is 7.27. The molecule has 1 aliphatic carbocycles. The first-order valence-corrected chi connectivity index (χ1v) is 11.6. The minimum atomic E-state index is -0.303. The molecule has 0 unspecified atom stereocenters. The molecule has 0 saturated carbocycles. The summed E-state index contributed by atoms with van der Waals surface area (Å²) >= 11 is 0. The number of allylic oxidation sites excluding steroid dienone is 2. The molecule has 2 atom stereocenters. The fourth-order valence-electron chi connectivity index (χ4n) is 5.70. The number of benzene rings is 2. The molecule has 0 saturated heterocycles. The lowest BCUT2D eigenvalue weighted by Gasteiger charge is -2.48. The third-order valence-electron chi connectivity index (χ3n) is 7.14. The number of pyridine rings is 1. The first-order valence-electron chi connectivity index (χ1n) is 11.6. The third kappa shape index (κ3) is 3.26. The van der Waals surface area contributed by atoms with E-state index in [1.165, 1.54) is 0 Å². The van der Waals surface area contributed by atoms with Crippen LogP contribution in [-0.2, 0) is 9.53 Å². The molecule has 6 rings (SSSR count). The number of rotatable bonds is 3. The van der Waals surface area contributed by atoms with Crippen LogP contribution in [0.5, 0.6) is 0 Å². The van der Waals surface area contributed by atoms with Crippen LogP contribution in [0.15, 0.2) is 72.1 Å². The minimum Gasteiger partial charge on any atom is -0.474 e. The van der Waals surface area contributed by atoms with Crippen LogP contribution in [0.1, 0.15) is 54.9 Å². The van der Waals surface area contributed by atoms with Gasteiger partial charge in [-0.1, -0.05) is 62.4 Å². The Kier molecular flexibility index (Phi) is 4.44. The van der Waals surface area contributed by atoms with E-state index < -0.39 is 0 Å². The molecule has 5 nitrogen and oxygen atoms in total. The highest BCUT2D eigenvalue weighted by atomic mass is 16.5. The van der Waals surface area contributed by atoms with Crippen molar-refractivity contribution in [3.05, 3.63) is 83.3 Å². The number of carbonyl (C=O) groups excluding carboxylic acids is 2. The molecule has 3 heterocycles. The summed E-state index contributed by atoms with van der Waals surface area (Å²) in [5.74, 6) is 1.01. The Bertz CT molecular complexity index is 1330. The van der Waals surface area contributed by atoms with Gasteiger partial charge in [0.15, 0.2) is 17.8 Å². The number of fused-ring (bicyclic) bond motifs is 7. The Morgan fingerprint density at radius 2 is 1.91 bits per heavy atom. The smallest absolute Gasteiger partial charge is 0.182 e. The SMILES string of the molecule is CC1(C)CC(=O)C2=C(C1)O[C@H]1C[C@@H]2c2ccc3cccnc3c2N1CC(=O)c1ccccc1. The molecule has 0 N–H and O–H groups in total. The maximum atomic E-state index is 13.3. The summed E-state index contributed by atoms with van der Waals surface area (Å²) in [6, 6.07) is 17.5. The van der Waals surface area contributed by atoms with Crippen molar-refractivity contribution < 1.29 is 14.3 Å². The Morgan fingerprint density at radius 1 is 1.09 bits per heavy atom. The van der Waals surface area contributed by atoms with Crippen LogP contribution in [0.4, 0.5) is 5.69 Å². The maximum Gasteiger partial charge on any atom is 0.182 e. The number of Topliss-reactive ketones (excluding diaryl/α,β-unsaturated/α-hetero) is 2. The summed E-state index contributed by atoms with van der Waals surface area (Å²) in [6.45, 7) is 4.43. The third-order valence-corrected chi connectivity index (χ3v) is 7.14. The fraction of sp³-hybridized carbons (Fsp3) is 0.321. The predicted molar refractivity (Wildman–Crippen MR) is 127 cm³/mol. The molecule has 2 aromatic carbocycles. The summed E-state index contributed by atoms with van der Waals surface area (Å²) in [5, 5.41) is 1.01. The predicted octanol–water partition coefficient (Wildman–Crippen LogP) is 5.41. The van der Waals surface area contributed by atoms with Crippen molar-refractivity contribution >= 4 is 28.2 Å². The van der Waals surface area contributed by atoms with Crippen LogP contribution >= 0.6 is 0 Å². The molecule has 2 aliphatic heterocycles. The molecule has 2 bridgehead atoms. The summed E-state index contributed by atoms with van der Waals surface area (Å²) in [7, 11) is 0. The number of ether oxygens (including phenoxy) is 1. The first kappa shape index (κ1) is 20.2. The zero-order chi connectivity index (χ0) is 22.7. The van der Waals surface area contributed by atoms with E-state index in [9.17, 15) is 9.59 Å². The van der Waals surface area contributed by atoms with Crippen molar-refractivity contribution in [1.82, 2.24) is 4.98 Å². The molecule has 0 amide bonds. The summed E-state index contributed by atoms with van der Waals surface area (Å²) in [5.41, 5.74) is 4.22. The number of carbonyl (C=O) groups is 2. The number of hydrogen-bond acceptors (Lipinski definition) is 5. The maximum absolute atomic E-state index is 13.3. The van der Waals surface area contributed by atoms with Gasteiger partial charge in [-0.25, -0.2) is 0 Å². The highest BCUT2D eigenvalue weighted by molar-refractivity contribution is 6.04. The zero-order valence-electron chi connectivity index (χ0n) is 18.9. The fourth-order valence-corrected chi connectivity index (χ4v) is 5.70. The second-order valence-electron chi connectivity index (χ2n) is 10.1. The van der Waals surface area contributed by atoms with E-state index in [1.54, 1.807) is 6.20 Å². The molecular weight excluding hydrogens is 412 g/mol. The zero-order valence-corrected chi connectivity index (χ0v) is 18.9. The minimum absolute atomic E-state index is 0.0215. The second-order valence-corrected chi connectivity index (χ2v) is 10.1. The normalized spacial score (nSPS) is 23.1. The Morgan fingerprint density at radius 3 is 2.73 bits per heavy atom. The molecule has 0 fully saturated rings. The molecule has 3 aromatic rings. The van der Waals surface area contributed by atoms with Gasteiger partial charge in [0.05, 0.1) is 17.7 Å². The van der Waals surface area contributed by atoms with Crippen LogP contribution in [-0.4, -0.2) is 29.3 Å². The molecule has 0 radical (unpaired) electrons. The molecule has 166 valence electrons. The molecule has 0 spiro atoms. The molecule has 5 heteroatoms. The standard InChI is InChI=1S/C28H26N2O3/c1-28(2)14-21(31)25-20-13-24(33-23(25)15-28)30(16-22(32)17-7-4-3-5-8-17)27-19(20)11-10-18-9-6-12-29-26(18)27/h3-12,20,24H,13-16H2,1-2H3/t20-,24+/m1/s1. The number of hydrogen-bond donors (Lipinski definition) is 0. The average Bonchev–Trinajstić information content (AvgIpc) is 2.80. The van der Waals surface area contributed by atoms with Crippen LogP contribution in [0.25, 0.3) is 10.9 Å². The number of nitrogens with zero attached hydrogens (tertiary/aromatic N) is 2. The van der Waals surface area contributed by atoms with Crippen molar-refractivity contribution in [2.75, 3.05) is 11.4 Å². The van der Waals surface area contributed by atoms with Gasteiger partial charge in [0.25, 0.3) is 0 Å². The largest absolute Gasteiger partial charge is 0.474 e. The van der Waals surface area contributed by atoms with Gasteiger partial charge in [0.1, 0.15) is 5.76 Å². The van der Waals surface area contributed by atoms with E-state index in [-0.39, 0.29) is 35.7 Å².